The monoisotopic (exact) mass is 140 g/mol. The minimum Gasteiger partial charge on any atom is -0.288 e. The molecule has 0 atom stereocenters. The molecule has 1 aliphatic rings. The normalized spacial score (nSPS) is 18.3. The van der Waals surface area contributed by atoms with Crippen LogP contribution in [0.2, 0.25) is 0 Å². The molecule has 0 saturated heterocycles. The summed E-state index contributed by atoms with van der Waals surface area (Å²) in [7, 11) is 0. The Labute approximate surface area is 58.3 Å². The van der Waals surface area contributed by atoms with Gasteiger partial charge in [-0.25, -0.2) is 5.43 Å². The zero-order valence-electron chi connectivity index (χ0n) is 5.68. The lowest BCUT2D eigenvalue weighted by molar-refractivity contribution is -0.137. The molecule has 1 N–H and O–H groups in total. The largest absolute Gasteiger partial charge is 0.307 e. The highest BCUT2D eigenvalue weighted by Crippen LogP contribution is 1.98. The lowest BCUT2D eigenvalue weighted by Crippen LogP contribution is -2.34. The molecule has 0 bridgehead atoms. The molecule has 1 aliphatic heterocycles. The zero-order chi connectivity index (χ0) is 7.56. The molecule has 0 aromatic rings. The van der Waals surface area contributed by atoms with E-state index in [1.807, 2.05) is 6.92 Å². The SMILES string of the molecule is CCC1=NNC(=O)C(=O)C1. The van der Waals surface area contributed by atoms with E-state index >= 15 is 0 Å². The minimum atomic E-state index is -0.600. The molecule has 4 heteroatoms. The van der Waals surface area contributed by atoms with Gasteiger partial charge < -0.3 is 0 Å². The molecular weight excluding hydrogens is 132 g/mol. The van der Waals surface area contributed by atoms with Crippen molar-refractivity contribution in [1.82, 2.24) is 5.43 Å². The number of amides is 1. The van der Waals surface area contributed by atoms with Gasteiger partial charge in [-0.1, -0.05) is 6.92 Å². The highest BCUT2D eigenvalue weighted by molar-refractivity contribution is 6.40. The summed E-state index contributed by atoms with van der Waals surface area (Å²) in [6.07, 6.45) is 0.897. The van der Waals surface area contributed by atoms with Gasteiger partial charge in [0.25, 0.3) is 0 Å². The number of rotatable bonds is 1. The lowest BCUT2D eigenvalue weighted by Gasteiger charge is -2.07. The fraction of sp³-hybridized carbons (Fsp3) is 0.500. The predicted molar refractivity (Wildman–Crippen MR) is 35.5 cm³/mol. The van der Waals surface area contributed by atoms with Gasteiger partial charge in [-0.15, -0.1) is 0 Å². The number of hydrogen-bond donors (Lipinski definition) is 1. The van der Waals surface area contributed by atoms with E-state index in [1.54, 1.807) is 0 Å². The van der Waals surface area contributed by atoms with Crippen molar-refractivity contribution in [2.75, 3.05) is 0 Å². The van der Waals surface area contributed by atoms with Gasteiger partial charge in [0.1, 0.15) is 0 Å². The summed E-state index contributed by atoms with van der Waals surface area (Å²) in [6.45, 7) is 1.89. The molecule has 1 rings (SSSR count). The third kappa shape index (κ3) is 1.21. The van der Waals surface area contributed by atoms with Gasteiger partial charge in [0, 0.05) is 5.71 Å². The Bertz CT molecular complexity index is 208. The van der Waals surface area contributed by atoms with E-state index in [2.05, 4.69) is 10.5 Å². The Morgan fingerprint density at radius 2 is 2.30 bits per heavy atom. The standard InChI is InChI=1S/C6H8N2O2/c1-2-4-3-5(9)6(10)8-7-4/h2-3H2,1H3,(H,8,10). The number of carbonyl (C=O) groups excluding carboxylic acids is 2. The van der Waals surface area contributed by atoms with E-state index in [0.29, 0.717) is 6.42 Å². The molecule has 1 amide bonds. The number of nitrogens with zero attached hydrogens (tertiary/aromatic N) is 1. The summed E-state index contributed by atoms with van der Waals surface area (Å²) < 4.78 is 0. The van der Waals surface area contributed by atoms with Crippen LogP contribution in [0.3, 0.4) is 0 Å². The molecule has 0 aromatic heterocycles. The van der Waals surface area contributed by atoms with Crippen LogP contribution in [0, 0.1) is 0 Å². The van der Waals surface area contributed by atoms with E-state index in [-0.39, 0.29) is 6.42 Å². The highest BCUT2D eigenvalue weighted by Gasteiger charge is 2.19. The van der Waals surface area contributed by atoms with Crippen LogP contribution < -0.4 is 5.43 Å². The maximum atomic E-state index is 10.7. The number of nitrogens with one attached hydrogen (secondary N) is 1. The van der Waals surface area contributed by atoms with Crippen molar-refractivity contribution in [3.8, 4) is 0 Å². The first-order chi connectivity index (χ1) is 4.74. The molecule has 0 unspecified atom stereocenters. The molecule has 10 heavy (non-hydrogen) atoms. The second-order valence-electron chi connectivity index (χ2n) is 2.07. The van der Waals surface area contributed by atoms with Crippen molar-refractivity contribution >= 4 is 17.4 Å². The third-order valence-corrected chi connectivity index (χ3v) is 1.34. The number of hydrogen-bond acceptors (Lipinski definition) is 3. The summed E-state index contributed by atoms with van der Waals surface area (Å²) in [5.74, 6) is -0.996. The van der Waals surface area contributed by atoms with Gasteiger partial charge in [0.2, 0.25) is 5.78 Å². The van der Waals surface area contributed by atoms with E-state index in [9.17, 15) is 9.59 Å². The first-order valence-electron chi connectivity index (χ1n) is 3.12. The van der Waals surface area contributed by atoms with Gasteiger partial charge in [-0.05, 0) is 6.42 Å². The molecular formula is C6H8N2O2. The minimum absolute atomic E-state index is 0.183. The van der Waals surface area contributed by atoms with Crippen molar-refractivity contribution in [3.63, 3.8) is 0 Å². The zero-order valence-corrected chi connectivity index (χ0v) is 5.68. The number of carbonyl (C=O) groups is 2. The first-order valence-corrected chi connectivity index (χ1v) is 3.12. The van der Waals surface area contributed by atoms with Gasteiger partial charge in [0.05, 0.1) is 6.42 Å². The van der Waals surface area contributed by atoms with E-state index < -0.39 is 11.7 Å². The van der Waals surface area contributed by atoms with Crippen molar-refractivity contribution < 1.29 is 9.59 Å². The van der Waals surface area contributed by atoms with Crippen LogP contribution in [0.4, 0.5) is 0 Å². The average molecular weight is 140 g/mol. The summed E-state index contributed by atoms with van der Waals surface area (Å²) in [5.41, 5.74) is 2.87. The van der Waals surface area contributed by atoms with Crippen molar-refractivity contribution in [1.29, 1.82) is 0 Å². The maximum Gasteiger partial charge on any atom is 0.307 e. The quantitative estimate of drug-likeness (QED) is 0.514. The van der Waals surface area contributed by atoms with Crippen LogP contribution in [-0.2, 0) is 9.59 Å². The Balaban J connectivity index is 2.70. The summed E-state index contributed by atoms with van der Waals surface area (Å²) in [5, 5.41) is 3.68. The molecule has 0 fully saturated rings. The fourth-order valence-electron chi connectivity index (χ4n) is 0.701. The Morgan fingerprint density at radius 1 is 1.60 bits per heavy atom. The second-order valence-corrected chi connectivity index (χ2v) is 2.07. The first kappa shape index (κ1) is 6.92. The number of ketones is 1. The van der Waals surface area contributed by atoms with E-state index in [4.69, 9.17) is 0 Å². The lowest BCUT2D eigenvalue weighted by atomic mass is 10.1. The molecule has 0 aliphatic carbocycles. The predicted octanol–water partition coefficient (Wildman–Crippen LogP) is -0.159. The summed E-state index contributed by atoms with van der Waals surface area (Å²) in [6, 6.07) is 0. The molecule has 0 spiro atoms. The average Bonchev–Trinajstić information content (AvgIpc) is 1.95. The molecule has 0 radical (unpaired) electrons. The smallest absolute Gasteiger partial charge is 0.288 e. The van der Waals surface area contributed by atoms with Crippen LogP contribution in [-0.4, -0.2) is 17.4 Å². The maximum absolute atomic E-state index is 10.7. The molecule has 54 valence electrons. The van der Waals surface area contributed by atoms with Crippen LogP contribution >= 0.6 is 0 Å². The van der Waals surface area contributed by atoms with E-state index in [0.717, 1.165) is 5.71 Å². The summed E-state index contributed by atoms with van der Waals surface area (Å²) in [4.78, 5) is 21.2. The highest BCUT2D eigenvalue weighted by atomic mass is 16.2. The molecule has 4 nitrogen and oxygen atoms in total. The molecule has 1 heterocycles. The van der Waals surface area contributed by atoms with Crippen molar-refractivity contribution in [2.24, 2.45) is 5.10 Å². The Hall–Kier alpha value is -1.19. The third-order valence-electron chi connectivity index (χ3n) is 1.34. The number of hydrazone groups is 1. The second kappa shape index (κ2) is 2.60. The van der Waals surface area contributed by atoms with Gasteiger partial charge >= 0.3 is 5.91 Å². The van der Waals surface area contributed by atoms with Gasteiger partial charge in [-0.3, -0.25) is 9.59 Å². The van der Waals surface area contributed by atoms with Crippen LogP contribution in [0.25, 0.3) is 0 Å². The van der Waals surface area contributed by atoms with Crippen LogP contribution in [0.15, 0.2) is 5.10 Å². The summed E-state index contributed by atoms with van der Waals surface area (Å²) >= 11 is 0. The van der Waals surface area contributed by atoms with Crippen LogP contribution in [0.5, 0.6) is 0 Å². The van der Waals surface area contributed by atoms with Crippen molar-refractivity contribution in [2.45, 2.75) is 19.8 Å². The number of Topliss-reactive ketones (excluding diaryl/α,β-unsaturated/α-hetero) is 1. The Kier molecular flexibility index (Phi) is 1.80. The van der Waals surface area contributed by atoms with E-state index in [1.165, 1.54) is 0 Å². The Morgan fingerprint density at radius 3 is 2.80 bits per heavy atom. The topological polar surface area (TPSA) is 58.5 Å². The molecule has 0 saturated carbocycles. The fourth-order valence-corrected chi connectivity index (χ4v) is 0.701. The van der Waals surface area contributed by atoms with Crippen LogP contribution in [0.1, 0.15) is 19.8 Å². The van der Waals surface area contributed by atoms with Crippen molar-refractivity contribution in [3.05, 3.63) is 0 Å². The molecule has 0 aromatic carbocycles. The van der Waals surface area contributed by atoms with Gasteiger partial charge in [0.15, 0.2) is 0 Å². The van der Waals surface area contributed by atoms with Gasteiger partial charge in [-0.2, -0.15) is 5.10 Å².